The number of benzene rings is 2. The van der Waals surface area contributed by atoms with Gasteiger partial charge in [-0.05, 0) is 29.8 Å². The van der Waals surface area contributed by atoms with E-state index in [-0.39, 0.29) is 24.2 Å². The maximum absolute atomic E-state index is 12.8. The van der Waals surface area contributed by atoms with Crippen molar-refractivity contribution in [3.63, 3.8) is 0 Å². The summed E-state index contributed by atoms with van der Waals surface area (Å²) in [5.41, 5.74) is 6.67. The minimum absolute atomic E-state index is 0.0404. The van der Waals surface area contributed by atoms with Crippen LogP contribution in [0.2, 0.25) is 0 Å². The largest absolute Gasteiger partial charge is 0.492 e. The fourth-order valence-electron chi connectivity index (χ4n) is 2.27. The van der Waals surface area contributed by atoms with Crippen LogP contribution in [0.3, 0.4) is 0 Å². The van der Waals surface area contributed by atoms with Gasteiger partial charge < -0.3 is 15.4 Å². The average Bonchev–Trinajstić information content (AvgIpc) is 2.58. The lowest BCUT2D eigenvalue weighted by Gasteiger charge is -2.23. The molecule has 0 spiro atoms. The van der Waals surface area contributed by atoms with Crippen molar-refractivity contribution in [1.82, 2.24) is 4.90 Å². The highest BCUT2D eigenvalue weighted by Gasteiger charge is 2.22. The number of nitrogens with zero attached hydrogens (tertiary/aromatic N) is 1. The summed E-state index contributed by atoms with van der Waals surface area (Å²) in [7, 11) is 1.72. The number of carbonyl (C=O) groups is 1. The molecule has 5 heteroatoms. The highest BCUT2D eigenvalue weighted by molar-refractivity contribution is 5.83. The molecule has 2 aromatic rings. The zero-order valence-electron chi connectivity index (χ0n) is 13.1. The van der Waals surface area contributed by atoms with Gasteiger partial charge in [-0.3, -0.25) is 4.79 Å². The number of hydrogen-bond donors (Lipinski definition) is 1. The molecule has 1 amide bonds. The molecule has 0 bridgehead atoms. The van der Waals surface area contributed by atoms with E-state index in [2.05, 4.69) is 0 Å². The van der Waals surface area contributed by atoms with Crippen molar-refractivity contribution in [2.45, 2.75) is 5.92 Å². The van der Waals surface area contributed by atoms with Crippen LogP contribution >= 0.6 is 0 Å². The Labute approximate surface area is 135 Å². The van der Waals surface area contributed by atoms with Gasteiger partial charge in [0.25, 0.3) is 0 Å². The second-order valence-electron chi connectivity index (χ2n) is 5.26. The Kier molecular flexibility index (Phi) is 6.11. The Bertz CT molecular complexity index is 617. The molecule has 0 aliphatic carbocycles. The Balaban J connectivity index is 1.87. The third kappa shape index (κ3) is 4.79. The van der Waals surface area contributed by atoms with Crippen molar-refractivity contribution in [2.75, 3.05) is 26.7 Å². The number of ether oxygens (including phenoxy) is 1. The quantitative estimate of drug-likeness (QED) is 0.853. The molecule has 2 N–H and O–H groups in total. The molecule has 1 unspecified atom stereocenters. The zero-order valence-corrected chi connectivity index (χ0v) is 13.1. The second-order valence-corrected chi connectivity index (χ2v) is 5.26. The predicted molar refractivity (Wildman–Crippen MR) is 87.8 cm³/mol. The number of halogens is 1. The zero-order chi connectivity index (χ0) is 16.7. The number of rotatable bonds is 7. The minimum Gasteiger partial charge on any atom is -0.492 e. The summed E-state index contributed by atoms with van der Waals surface area (Å²) in [4.78, 5) is 14.1. The summed E-state index contributed by atoms with van der Waals surface area (Å²) in [6.45, 7) is 1.02. The van der Waals surface area contributed by atoms with E-state index in [0.29, 0.717) is 18.9 Å². The van der Waals surface area contributed by atoms with Crippen LogP contribution in [0.4, 0.5) is 4.39 Å². The van der Waals surface area contributed by atoms with Crippen molar-refractivity contribution in [1.29, 1.82) is 0 Å². The van der Waals surface area contributed by atoms with Gasteiger partial charge in [-0.2, -0.15) is 0 Å². The highest BCUT2D eigenvalue weighted by atomic mass is 19.1. The van der Waals surface area contributed by atoms with Gasteiger partial charge in [0.1, 0.15) is 18.2 Å². The van der Waals surface area contributed by atoms with Crippen LogP contribution in [0.5, 0.6) is 5.75 Å². The highest BCUT2D eigenvalue weighted by Crippen LogP contribution is 2.17. The standard InChI is InChI=1S/C18H21FN2O2/c1-21(11-12-23-16-9-7-15(19)8-10-16)18(22)17(13-20)14-5-3-2-4-6-14/h2-10,17H,11-13,20H2,1H3. The normalized spacial score (nSPS) is 11.8. The van der Waals surface area contributed by atoms with Crippen LogP contribution in [0.1, 0.15) is 11.5 Å². The van der Waals surface area contributed by atoms with E-state index in [4.69, 9.17) is 10.5 Å². The molecule has 0 fully saturated rings. The molecule has 0 saturated carbocycles. The monoisotopic (exact) mass is 316 g/mol. The van der Waals surface area contributed by atoms with Gasteiger partial charge in [0, 0.05) is 13.6 Å². The van der Waals surface area contributed by atoms with Crippen molar-refractivity contribution < 1.29 is 13.9 Å². The van der Waals surface area contributed by atoms with Crippen LogP contribution in [-0.2, 0) is 4.79 Å². The molecule has 0 aromatic heterocycles. The third-order valence-corrected chi connectivity index (χ3v) is 3.62. The number of likely N-dealkylation sites (N-methyl/N-ethyl adjacent to an activating group) is 1. The summed E-state index contributed by atoms with van der Waals surface area (Å²) >= 11 is 0. The SMILES string of the molecule is CN(CCOc1ccc(F)cc1)C(=O)C(CN)c1ccccc1. The first-order valence-electron chi connectivity index (χ1n) is 7.50. The molecular formula is C18H21FN2O2. The molecule has 0 radical (unpaired) electrons. The Hall–Kier alpha value is -2.40. The smallest absolute Gasteiger partial charge is 0.231 e. The fourth-order valence-corrected chi connectivity index (χ4v) is 2.27. The third-order valence-electron chi connectivity index (χ3n) is 3.62. The molecular weight excluding hydrogens is 295 g/mol. The topological polar surface area (TPSA) is 55.6 Å². The average molecular weight is 316 g/mol. The van der Waals surface area contributed by atoms with Gasteiger partial charge in [0.05, 0.1) is 12.5 Å². The van der Waals surface area contributed by atoms with E-state index < -0.39 is 0 Å². The molecule has 122 valence electrons. The first kappa shape index (κ1) is 17.0. The maximum Gasteiger partial charge on any atom is 0.231 e. The van der Waals surface area contributed by atoms with Gasteiger partial charge in [-0.25, -0.2) is 4.39 Å². The van der Waals surface area contributed by atoms with Gasteiger partial charge in [-0.1, -0.05) is 30.3 Å². The van der Waals surface area contributed by atoms with Crippen LogP contribution in [-0.4, -0.2) is 37.6 Å². The summed E-state index contributed by atoms with van der Waals surface area (Å²) in [5.74, 6) is -0.127. The van der Waals surface area contributed by atoms with E-state index in [9.17, 15) is 9.18 Å². The lowest BCUT2D eigenvalue weighted by Crippen LogP contribution is -2.37. The van der Waals surface area contributed by atoms with Crippen LogP contribution in [0, 0.1) is 5.82 Å². The number of amides is 1. The lowest BCUT2D eigenvalue weighted by molar-refractivity contribution is -0.131. The van der Waals surface area contributed by atoms with Crippen molar-refractivity contribution >= 4 is 5.91 Å². The van der Waals surface area contributed by atoms with Crippen LogP contribution < -0.4 is 10.5 Å². The second kappa shape index (κ2) is 8.29. The summed E-state index contributed by atoms with van der Waals surface area (Å²) in [6.07, 6.45) is 0. The van der Waals surface area contributed by atoms with Crippen LogP contribution in [0.25, 0.3) is 0 Å². The Morgan fingerprint density at radius 3 is 2.43 bits per heavy atom. The first-order valence-corrected chi connectivity index (χ1v) is 7.50. The van der Waals surface area contributed by atoms with Gasteiger partial charge in [-0.15, -0.1) is 0 Å². The van der Waals surface area contributed by atoms with E-state index in [0.717, 1.165) is 5.56 Å². The molecule has 0 saturated heterocycles. The Morgan fingerprint density at radius 2 is 1.83 bits per heavy atom. The minimum atomic E-state index is -0.355. The van der Waals surface area contributed by atoms with E-state index >= 15 is 0 Å². The van der Waals surface area contributed by atoms with Gasteiger partial charge in [0.2, 0.25) is 5.91 Å². The molecule has 4 nitrogen and oxygen atoms in total. The molecule has 0 aliphatic rings. The van der Waals surface area contributed by atoms with E-state index in [1.807, 2.05) is 30.3 Å². The van der Waals surface area contributed by atoms with E-state index in [1.165, 1.54) is 12.1 Å². The number of carbonyl (C=O) groups excluding carboxylic acids is 1. The molecule has 1 atom stereocenters. The number of hydrogen-bond acceptors (Lipinski definition) is 3. The molecule has 0 heterocycles. The van der Waals surface area contributed by atoms with Crippen molar-refractivity contribution in [3.8, 4) is 5.75 Å². The molecule has 2 aromatic carbocycles. The lowest BCUT2D eigenvalue weighted by atomic mass is 9.98. The molecule has 0 aliphatic heterocycles. The first-order chi connectivity index (χ1) is 11.1. The Morgan fingerprint density at radius 1 is 1.17 bits per heavy atom. The number of nitrogens with two attached hydrogens (primary N) is 1. The van der Waals surface area contributed by atoms with Crippen molar-refractivity contribution in [3.05, 3.63) is 66.0 Å². The maximum atomic E-state index is 12.8. The van der Waals surface area contributed by atoms with Crippen molar-refractivity contribution in [2.24, 2.45) is 5.73 Å². The van der Waals surface area contributed by atoms with Crippen LogP contribution in [0.15, 0.2) is 54.6 Å². The predicted octanol–water partition coefficient (Wildman–Crippen LogP) is 2.41. The summed E-state index contributed by atoms with van der Waals surface area (Å²) < 4.78 is 18.3. The van der Waals surface area contributed by atoms with Gasteiger partial charge in [0.15, 0.2) is 0 Å². The summed E-state index contributed by atoms with van der Waals surface area (Å²) in [5, 5.41) is 0. The fraction of sp³-hybridized carbons (Fsp3) is 0.278. The van der Waals surface area contributed by atoms with Gasteiger partial charge >= 0.3 is 0 Å². The molecule has 23 heavy (non-hydrogen) atoms. The summed E-state index contributed by atoms with van der Waals surface area (Å²) in [6, 6.07) is 15.3. The van der Waals surface area contributed by atoms with E-state index in [1.54, 1.807) is 24.1 Å². The molecule has 2 rings (SSSR count).